The monoisotopic (exact) mass is 620 g/mol. The fourth-order valence-electron chi connectivity index (χ4n) is 6.45. The van der Waals surface area contributed by atoms with E-state index in [9.17, 15) is 13.6 Å². The molecule has 11 heteroatoms. The molecule has 9 nitrogen and oxygen atoms in total. The fourth-order valence-corrected chi connectivity index (χ4v) is 6.45. The van der Waals surface area contributed by atoms with Crippen LogP contribution in [0.5, 0.6) is 0 Å². The lowest BCUT2D eigenvalue weighted by atomic mass is 9.78. The Balaban J connectivity index is 1.51. The number of amides is 1. The molecule has 1 amide bonds. The first-order valence-electron chi connectivity index (χ1n) is 15.6. The summed E-state index contributed by atoms with van der Waals surface area (Å²) in [4.78, 5) is 33.4. The maximum absolute atomic E-state index is 14.5. The molecule has 2 aliphatic rings. The van der Waals surface area contributed by atoms with Crippen LogP contribution in [0.15, 0.2) is 36.5 Å². The summed E-state index contributed by atoms with van der Waals surface area (Å²) in [5.74, 6) is -2.62. The van der Waals surface area contributed by atoms with E-state index in [2.05, 4.69) is 78.4 Å². The van der Waals surface area contributed by atoms with Gasteiger partial charge in [-0.3, -0.25) is 4.79 Å². The summed E-state index contributed by atoms with van der Waals surface area (Å²) in [6.45, 7) is 12.5. The van der Waals surface area contributed by atoms with E-state index in [0.29, 0.717) is 31.0 Å². The van der Waals surface area contributed by atoms with Gasteiger partial charge in [0, 0.05) is 63.3 Å². The second-order valence-corrected chi connectivity index (χ2v) is 14.3. The molecule has 2 aromatic heterocycles. The molecule has 0 atom stereocenters. The Kier molecular flexibility index (Phi) is 8.78. The van der Waals surface area contributed by atoms with E-state index < -0.39 is 5.92 Å². The van der Waals surface area contributed by atoms with Crippen molar-refractivity contribution in [3.05, 3.63) is 64.7 Å². The molecule has 2 N–H and O–H groups in total. The number of anilines is 4. The van der Waals surface area contributed by atoms with Gasteiger partial charge < -0.3 is 25.3 Å². The highest BCUT2D eigenvalue weighted by Gasteiger charge is 2.34. The van der Waals surface area contributed by atoms with E-state index in [0.717, 1.165) is 43.4 Å². The van der Waals surface area contributed by atoms with E-state index in [-0.39, 0.29) is 40.5 Å². The van der Waals surface area contributed by atoms with Crippen LogP contribution in [-0.4, -0.2) is 73.1 Å². The Morgan fingerprint density at radius 1 is 1.11 bits per heavy atom. The maximum Gasteiger partial charge on any atom is 0.289 e. The molecular formula is C34H46F2N8O. The van der Waals surface area contributed by atoms with Gasteiger partial charge in [-0.15, -0.1) is 0 Å². The Hall–Kier alpha value is -3.86. The molecule has 0 spiro atoms. The molecule has 1 aromatic carbocycles. The van der Waals surface area contributed by atoms with Crippen LogP contribution in [0, 0.1) is 5.41 Å². The number of hydrogen-bond donors (Lipinski definition) is 2. The van der Waals surface area contributed by atoms with Crippen LogP contribution in [0.4, 0.5) is 31.8 Å². The molecule has 242 valence electrons. The van der Waals surface area contributed by atoms with Crippen molar-refractivity contribution in [3.63, 3.8) is 0 Å². The lowest BCUT2D eigenvalue weighted by Gasteiger charge is -2.38. The third-order valence-electron chi connectivity index (χ3n) is 8.77. The SMILES string of the molecule is CN(C)CC(C)(C)CNC(=O)c1nc2c(c(Nc3ccc4c(c3)N(C)CCC4(C)C)n1)CCN(c1ncccc1C(C)(F)F)C2. The largest absolute Gasteiger partial charge is 0.374 e. The summed E-state index contributed by atoms with van der Waals surface area (Å²) in [5, 5.41) is 6.52. The van der Waals surface area contributed by atoms with Crippen molar-refractivity contribution in [1.29, 1.82) is 0 Å². The van der Waals surface area contributed by atoms with Crippen molar-refractivity contribution in [3.8, 4) is 0 Å². The second-order valence-electron chi connectivity index (χ2n) is 14.3. The number of fused-ring (bicyclic) bond motifs is 2. The van der Waals surface area contributed by atoms with Crippen LogP contribution < -0.4 is 20.4 Å². The Morgan fingerprint density at radius 3 is 2.58 bits per heavy atom. The highest BCUT2D eigenvalue weighted by molar-refractivity contribution is 5.91. The van der Waals surface area contributed by atoms with Gasteiger partial charge in [0.15, 0.2) is 0 Å². The van der Waals surface area contributed by atoms with Crippen LogP contribution in [0.3, 0.4) is 0 Å². The number of pyridine rings is 1. The molecule has 45 heavy (non-hydrogen) atoms. The Morgan fingerprint density at radius 2 is 1.87 bits per heavy atom. The number of carbonyl (C=O) groups is 1. The first-order chi connectivity index (χ1) is 21.0. The van der Waals surface area contributed by atoms with Crippen LogP contribution in [0.2, 0.25) is 0 Å². The molecule has 2 aliphatic heterocycles. The number of halogens is 2. The third-order valence-corrected chi connectivity index (χ3v) is 8.77. The Bertz CT molecular complexity index is 1570. The summed E-state index contributed by atoms with van der Waals surface area (Å²) < 4.78 is 29.1. The van der Waals surface area contributed by atoms with Crippen LogP contribution in [-0.2, 0) is 24.3 Å². The van der Waals surface area contributed by atoms with Gasteiger partial charge in [-0.25, -0.2) is 23.7 Å². The van der Waals surface area contributed by atoms with Gasteiger partial charge in [-0.1, -0.05) is 33.8 Å². The van der Waals surface area contributed by atoms with Gasteiger partial charge in [0.05, 0.1) is 17.8 Å². The van der Waals surface area contributed by atoms with E-state index in [1.807, 2.05) is 19.0 Å². The van der Waals surface area contributed by atoms with Gasteiger partial charge in [0.2, 0.25) is 5.82 Å². The molecule has 0 unspecified atom stereocenters. The van der Waals surface area contributed by atoms with Crippen LogP contribution in [0.1, 0.15) is 74.0 Å². The lowest BCUT2D eigenvalue weighted by molar-refractivity contribution is 0.0176. The zero-order valence-corrected chi connectivity index (χ0v) is 27.8. The zero-order valence-electron chi connectivity index (χ0n) is 27.8. The van der Waals surface area contributed by atoms with E-state index in [1.54, 1.807) is 0 Å². The molecule has 0 aliphatic carbocycles. The van der Waals surface area contributed by atoms with Crippen molar-refractivity contribution < 1.29 is 13.6 Å². The normalized spacial score (nSPS) is 16.3. The molecule has 0 saturated carbocycles. The van der Waals surface area contributed by atoms with Crippen molar-refractivity contribution >= 4 is 28.9 Å². The average Bonchev–Trinajstić information content (AvgIpc) is 2.96. The molecule has 0 fully saturated rings. The number of nitrogens with one attached hydrogen (secondary N) is 2. The predicted octanol–water partition coefficient (Wildman–Crippen LogP) is 5.72. The fraction of sp³-hybridized carbons (Fsp3) is 0.529. The maximum atomic E-state index is 14.5. The number of aromatic nitrogens is 3. The van der Waals surface area contributed by atoms with Gasteiger partial charge >= 0.3 is 0 Å². The summed E-state index contributed by atoms with van der Waals surface area (Å²) >= 11 is 0. The number of hydrogen-bond acceptors (Lipinski definition) is 8. The van der Waals surface area contributed by atoms with Crippen molar-refractivity contribution in [2.45, 2.75) is 65.3 Å². The number of alkyl halides is 2. The van der Waals surface area contributed by atoms with E-state index in [4.69, 9.17) is 9.97 Å². The summed E-state index contributed by atoms with van der Waals surface area (Å²) in [6, 6.07) is 9.28. The summed E-state index contributed by atoms with van der Waals surface area (Å²) in [7, 11) is 6.10. The second kappa shape index (κ2) is 12.2. The van der Waals surface area contributed by atoms with Crippen LogP contribution in [0.25, 0.3) is 0 Å². The summed E-state index contributed by atoms with van der Waals surface area (Å²) in [5.41, 5.74) is 4.56. The third kappa shape index (κ3) is 7.19. The van der Waals surface area contributed by atoms with Gasteiger partial charge in [-0.2, -0.15) is 0 Å². The molecule has 0 radical (unpaired) electrons. The highest BCUT2D eigenvalue weighted by atomic mass is 19.3. The smallest absolute Gasteiger partial charge is 0.289 e. The summed E-state index contributed by atoms with van der Waals surface area (Å²) in [6.07, 6.45) is 3.10. The number of carbonyl (C=O) groups excluding carboxylic acids is 1. The molecule has 3 aromatic rings. The molecule has 5 rings (SSSR count). The van der Waals surface area contributed by atoms with Gasteiger partial charge in [0.1, 0.15) is 11.6 Å². The minimum absolute atomic E-state index is 0.0389. The van der Waals surface area contributed by atoms with Crippen molar-refractivity contribution in [1.82, 2.24) is 25.2 Å². The lowest BCUT2D eigenvalue weighted by Crippen LogP contribution is -2.41. The number of nitrogens with zero attached hydrogens (tertiary/aromatic N) is 6. The zero-order chi connectivity index (χ0) is 32.7. The van der Waals surface area contributed by atoms with Gasteiger partial charge in [-0.05, 0) is 67.6 Å². The molecule has 0 saturated heterocycles. The first-order valence-corrected chi connectivity index (χ1v) is 15.6. The highest BCUT2D eigenvalue weighted by Crippen LogP contribution is 2.41. The molecule has 0 bridgehead atoms. The van der Waals surface area contributed by atoms with Crippen molar-refractivity contribution in [2.75, 3.05) is 62.4 Å². The van der Waals surface area contributed by atoms with E-state index >= 15 is 0 Å². The van der Waals surface area contributed by atoms with Gasteiger partial charge in [0.25, 0.3) is 11.8 Å². The minimum Gasteiger partial charge on any atom is -0.374 e. The molecule has 4 heterocycles. The molecular weight excluding hydrogens is 574 g/mol. The number of benzene rings is 1. The quantitative estimate of drug-likeness (QED) is 0.314. The standard InChI is InChI=1S/C34H46F2N8O/c1-32(2,21-42(6)7)20-38-31(45)29-40-26-19-44(30-25(34(5,35)36)10-9-15-37-30)16-13-23(26)28(41-29)39-22-11-12-24-27(18-22)43(8)17-14-33(24,3)4/h9-12,15,18H,13-14,16-17,19-21H2,1-8H3,(H,38,45)(H,39,40,41). The minimum atomic E-state index is -3.05. The average molecular weight is 621 g/mol. The van der Waals surface area contributed by atoms with E-state index in [1.165, 1.54) is 23.9 Å². The van der Waals surface area contributed by atoms with Crippen molar-refractivity contribution in [2.24, 2.45) is 5.41 Å². The first kappa shape index (κ1) is 32.5. The Labute approximate surface area is 265 Å². The topological polar surface area (TPSA) is 89.5 Å². The van der Waals surface area contributed by atoms with Crippen LogP contribution >= 0.6 is 0 Å². The number of rotatable bonds is 9. The predicted molar refractivity (Wildman–Crippen MR) is 176 cm³/mol.